The number of nitrogens with zero attached hydrogens (tertiary/aromatic N) is 2. The zero-order chi connectivity index (χ0) is 20.8. The lowest BCUT2D eigenvalue weighted by atomic mass is 10.0. The maximum atomic E-state index is 12.7. The van der Waals surface area contributed by atoms with E-state index in [1.807, 2.05) is 48.2 Å². The SMILES string of the molecule is CN(C)c1ccc(C(=O)N2CCC(NC(=O)COc3ccc(Cl)cc3)CC2)cc1. The van der Waals surface area contributed by atoms with E-state index in [0.29, 0.717) is 29.4 Å². The highest BCUT2D eigenvalue weighted by atomic mass is 35.5. The molecule has 2 aromatic rings. The van der Waals surface area contributed by atoms with Gasteiger partial charge in [0.2, 0.25) is 0 Å². The van der Waals surface area contributed by atoms with Crippen LogP contribution in [0.4, 0.5) is 5.69 Å². The molecular formula is C22H26ClN3O3. The Labute approximate surface area is 176 Å². The first-order chi connectivity index (χ1) is 13.9. The summed E-state index contributed by atoms with van der Waals surface area (Å²) in [5.74, 6) is 0.473. The number of anilines is 1. The molecule has 1 saturated heterocycles. The molecule has 0 radical (unpaired) electrons. The van der Waals surface area contributed by atoms with E-state index in [1.54, 1.807) is 24.3 Å². The summed E-state index contributed by atoms with van der Waals surface area (Å²) in [6.07, 6.45) is 1.46. The van der Waals surface area contributed by atoms with Gasteiger partial charge in [-0.1, -0.05) is 11.6 Å². The minimum absolute atomic E-state index is 0.0335. The van der Waals surface area contributed by atoms with Gasteiger partial charge in [0.1, 0.15) is 5.75 Å². The van der Waals surface area contributed by atoms with E-state index in [9.17, 15) is 9.59 Å². The number of ether oxygens (including phenoxy) is 1. The lowest BCUT2D eigenvalue weighted by molar-refractivity contribution is -0.124. The molecule has 29 heavy (non-hydrogen) atoms. The van der Waals surface area contributed by atoms with Crippen LogP contribution >= 0.6 is 11.6 Å². The van der Waals surface area contributed by atoms with Crippen molar-refractivity contribution in [3.63, 3.8) is 0 Å². The van der Waals surface area contributed by atoms with Crippen LogP contribution in [0.2, 0.25) is 5.02 Å². The molecule has 154 valence electrons. The van der Waals surface area contributed by atoms with Crippen LogP contribution in [0.25, 0.3) is 0 Å². The summed E-state index contributed by atoms with van der Waals surface area (Å²) in [4.78, 5) is 28.7. The van der Waals surface area contributed by atoms with Gasteiger partial charge in [0.25, 0.3) is 11.8 Å². The molecule has 0 atom stereocenters. The first-order valence-electron chi connectivity index (χ1n) is 9.67. The monoisotopic (exact) mass is 415 g/mol. The van der Waals surface area contributed by atoms with Crippen LogP contribution in [0.15, 0.2) is 48.5 Å². The van der Waals surface area contributed by atoms with Crippen molar-refractivity contribution in [3.8, 4) is 5.75 Å². The zero-order valence-electron chi connectivity index (χ0n) is 16.7. The summed E-state index contributed by atoms with van der Waals surface area (Å²) in [5.41, 5.74) is 1.75. The molecule has 6 nitrogen and oxygen atoms in total. The Hall–Kier alpha value is -2.73. The Bertz CT molecular complexity index is 829. The largest absolute Gasteiger partial charge is 0.484 e. The number of rotatable bonds is 6. The maximum absolute atomic E-state index is 12.7. The van der Waals surface area contributed by atoms with Gasteiger partial charge < -0.3 is 19.9 Å². The van der Waals surface area contributed by atoms with Crippen LogP contribution in [0.3, 0.4) is 0 Å². The second-order valence-corrected chi connectivity index (χ2v) is 7.75. The number of hydrogen-bond acceptors (Lipinski definition) is 4. The lowest BCUT2D eigenvalue weighted by Gasteiger charge is -2.32. The molecule has 3 rings (SSSR count). The summed E-state index contributed by atoms with van der Waals surface area (Å²) >= 11 is 5.83. The van der Waals surface area contributed by atoms with Gasteiger partial charge >= 0.3 is 0 Å². The smallest absolute Gasteiger partial charge is 0.258 e. The number of halogens is 1. The molecule has 2 aromatic carbocycles. The van der Waals surface area contributed by atoms with E-state index in [0.717, 1.165) is 18.5 Å². The molecule has 1 heterocycles. The van der Waals surface area contributed by atoms with Crippen LogP contribution in [0.1, 0.15) is 23.2 Å². The van der Waals surface area contributed by atoms with Crippen LogP contribution in [0, 0.1) is 0 Å². The fourth-order valence-electron chi connectivity index (χ4n) is 3.26. The highest BCUT2D eigenvalue weighted by Crippen LogP contribution is 2.18. The van der Waals surface area contributed by atoms with E-state index in [-0.39, 0.29) is 24.5 Å². The standard InChI is InChI=1S/C22H26ClN3O3/c1-25(2)19-7-3-16(4-8-19)22(28)26-13-11-18(12-14-26)24-21(27)15-29-20-9-5-17(23)6-10-20/h3-10,18H,11-15H2,1-2H3,(H,24,27). The Morgan fingerprint density at radius 1 is 1.07 bits per heavy atom. The van der Waals surface area contributed by atoms with E-state index >= 15 is 0 Å². The zero-order valence-corrected chi connectivity index (χ0v) is 17.5. The van der Waals surface area contributed by atoms with Gasteiger partial charge in [-0.25, -0.2) is 0 Å². The summed E-state index contributed by atoms with van der Waals surface area (Å²) in [6.45, 7) is 1.20. The Morgan fingerprint density at radius 2 is 1.69 bits per heavy atom. The first-order valence-corrected chi connectivity index (χ1v) is 10.0. The molecule has 1 aliphatic rings. The Morgan fingerprint density at radius 3 is 2.28 bits per heavy atom. The average molecular weight is 416 g/mol. The third-order valence-corrected chi connectivity index (χ3v) is 5.21. The van der Waals surface area contributed by atoms with Gasteiger partial charge in [0.05, 0.1) is 0 Å². The molecule has 0 spiro atoms. The van der Waals surface area contributed by atoms with Gasteiger partial charge in [-0.05, 0) is 61.4 Å². The number of carbonyl (C=O) groups excluding carboxylic acids is 2. The molecule has 7 heteroatoms. The van der Waals surface area contributed by atoms with Crippen molar-refractivity contribution < 1.29 is 14.3 Å². The topological polar surface area (TPSA) is 61.9 Å². The second kappa shape index (κ2) is 9.65. The highest BCUT2D eigenvalue weighted by molar-refractivity contribution is 6.30. The fourth-order valence-corrected chi connectivity index (χ4v) is 3.39. The highest BCUT2D eigenvalue weighted by Gasteiger charge is 2.24. The average Bonchev–Trinajstić information content (AvgIpc) is 2.73. The first kappa shape index (κ1) is 21.0. The van der Waals surface area contributed by atoms with Crippen LogP contribution in [-0.4, -0.2) is 56.5 Å². The van der Waals surface area contributed by atoms with Crippen molar-refractivity contribution in [2.24, 2.45) is 0 Å². The summed E-state index contributed by atoms with van der Waals surface area (Å²) in [5, 5.41) is 3.61. The van der Waals surface area contributed by atoms with E-state index in [2.05, 4.69) is 5.32 Å². The van der Waals surface area contributed by atoms with Crippen LogP contribution < -0.4 is 15.0 Å². The van der Waals surface area contributed by atoms with Crippen molar-refractivity contribution in [1.82, 2.24) is 10.2 Å². The fraction of sp³-hybridized carbons (Fsp3) is 0.364. The lowest BCUT2D eigenvalue weighted by Crippen LogP contribution is -2.47. The van der Waals surface area contributed by atoms with Gasteiger partial charge in [0, 0.05) is 49.5 Å². The summed E-state index contributed by atoms with van der Waals surface area (Å²) in [7, 11) is 3.94. The van der Waals surface area contributed by atoms with Gasteiger partial charge in [-0.15, -0.1) is 0 Å². The van der Waals surface area contributed by atoms with Crippen molar-refractivity contribution in [1.29, 1.82) is 0 Å². The third kappa shape index (κ3) is 5.87. The van der Waals surface area contributed by atoms with E-state index < -0.39 is 0 Å². The second-order valence-electron chi connectivity index (χ2n) is 7.32. The number of hydrogen-bond donors (Lipinski definition) is 1. The van der Waals surface area contributed by atoms with Crippen molar-refractivity contribution in [3.05, 3.63) is 59.1 Å². The molecule has 1 aliphatic heterocycles. The maximum Gasteiger partial charge on any atom is 0.258 e. The molecule has 1 N–H and O–H groups in total. The molecule has 0 unspecified atom stereocenters. The van der Waals surface area contributed by atoms with E-state index in [4.69, 9.17) is 16.3 Å². The number of nitrogens with one attached hydrogen (secondary N) is 1. The molecule has 0 saturated carbocycles. The summed E-state index contributed by atoms with van der Waals surface area (Å²) in [6, 6.07) is 14.6. The summed E-state index contributed by atoms with van der Waals surface area (Å²) < 4.78 is 5.47. The van der Waals surface area contributed by atoms with Crippen molar-refractivity contribution in [2.75, 3.05) is 38.7 Å². The number of piperidine rings is 1. The quantitative estimate of drug-likeness (QED) is 0.787. The molecule has 0 aliphatic carbocycles. The van der Waals surface area contributed by atoms with Gasteiger partial charge in [-0.2, -0.15) is 0 Å². The number of carbonyl (C=O) groups is 2. The van der Waals surface area contributed by atoms with Crippen LogP contribution in [0.5, 0.6) is 5.75 Å². The minimum atomic E-state index is -0.163. The molecule has 0 aromatic heterocycles. The predicted molar refractivity (Wildman–Crippen MR) is 115 cm³/mol. The number of likely N-dealkylation sites (tertiary alicyclic amines) is 1. The van der Waals surface area contributed by atoms with Gasteiger partial charge in [-0.3, -0.25) is 9.59 Å². The minimum Gasteiger partial charge on any atom is -0.484 e. The Balaban J connectivity index is 1.43. The number of amides is 2. The predicted octanol–water partition coefficient (Wildman–Crippen LogP) is 3.21. The van der Waals surface area contributed by atoms with Gasteiger partial charge in [0.15, 0.2) is 6.61 Å². The number of benzene rings is 2. The molecule has 2 amide bonds. The van der Waals surface area contributed by atoms with E-state index in [1.165, 1.54) is 0 Å². The molecular weight excluding hydrogens is 390 g/mol. The normalized spacial score (nSPS) is 14.4. The molecule has 1 fully saturated rings. The third-order valence-electron chi connectivity index (χ3n) is 4.96. The van der Waals surface area contributed by atoms with Crippen molar-refractivity contribution >= 4 is 29.1 Å². The van der Waals surface area contributed by atoms with Crippen LogP contribution in [-0.2, 0) is 4.79 Å². The Kier molecular flexibility index (Phi) is 6.99. The van der Waals surface area contributed by atoms with Crippen molar-refractivity contribution in [2.45, 2.75) is 18.9 Å². The molecule has 0 bridgehead atoms.